The third-order valence-electron chi connectivity index (χ3n) is 2.93. The number of rotatable bonds is 6. The molecule has 2 rings (SSSR count). The summed E-state index contributed by atoms with van der Waals surface area (Å²) in [6.45, 7) is 0.587. The average molecular weight is 294 g/mol. The molecule has 1 aromatic carbocycles. The van der Waals surface area contributed by atoms with Gasteiger partial charge in [0.15, 0.2) is 5.82 Å². The Bertz CT molecular complexity index is 593. The second-order valence-corrected chi connectivity index (χ2v) is 4.57. The molecule has 1 amide bonds. The number of aromatic nitrogens is 3. The summed E-state index contributed by atoms with van der Waals surface area (Å²) in [5.74, 6) is 1.26. The molecule has 0 aliphatic carbocycles. The van der Waals surface area contributed by atoms with Crippen LogP contribution in [0, 0.1) is 0 Å². The van der Waals surface area contributed by atoms with E-state index in [1.807, 2.05) is 4.57 Å². The van der Waals surface area contributed by atoms with Gasteiger partial charge in [0, 0.05) is 17.7 Å². The van der Waals surface area contributed by atoms with Gasteiger partial charge >= 0.3 is 0 Å². The highest BCUT2D eigenvalue weighted by Gasteiger charge is 2.13. The zero-order chi connectivity index (χ0) is 14.5. The number of carbonyl (C=O) groups excluding carboxylic acids is 1. The fourth-order valence-electron chi connectivity index (χ4n) is 1.94. The van der Waals surface area contributed by atoms with Gasteiger partial charge in [0.1, 0.15) is 5.82 Å². The molecule has 0 saturated carbocycles. The van der Waals surface area contributed by atoms with Gasteiger partial charge in [0.05, 0.1) is 5.88 Å². The Balaban J connectivity index is 2.39. The van der Waals surface area contributed by atoms with Crippen molar-refractivity contribution in [1.29, 1.82) is 0 Å². The molecule has 7 heteroatoms. The predicted molar refractivity (Wildman–Crippen MR) is 76.8 cm³/mol. The molecule has 0 fully saturated rings. The number of nitrogens with zero attached hydrogens (tertiary/aromatic N) is 3. The van der Waals surface area contributed by atoms with Gasteiger partial charge < -0.3 is 11.5 Å². The lowest BCUT2D eigenvalue weighted by molar-refractivity contribution is 0.100. The third-order valence-corrected chi connectivity index (χ3v) is 3.17. The Morgan fingerprint density at radius 3 is 2.40 bits per heavy atom. The SMILES string of the molecule is NCCCc1nnc(CCl)n1-c1ccc(C(N)=O)cc1. The first-order chi connectivity index (χ1) is 9.67. The lowest BCUT2D eigenvalue weighted by atomic mass is 10.2. The van der Waals surface area contributed by atoms with Crippen LogP contribution in [0.4, 0.5) is 0 Å². The molecule has 0 unspecified atom stereocenters. The maximum absolute atomic E-state index is 11.1. The van der Waals surface area contributed by atoms with E-state index >= 15 is 0 Å². The van der Waals surface area contributed by atoms with Crippen molar-refractivity contribution in [3.63, 3.8) is 0 Å². The van der Waals surface area contributed by atoms with Crippen LogP contribution in [0.15, 0.2) is 24.3 Å². The highest BCUT2D eigenvalue weighted by molar-refractivity contribution is 6.16. The molecule has 20 heavy (non-hydrogen) atoms. The van der Waals surface area contributed by atoms with E-state index in [9.17, 15) is 4.79 Å². The van der Waals surface area contributed by atoms with Crippen LogP contribution in [-0.2, 0) is 12.3 Å². The van der Waals surface area contributed by atoms with E-state index in [-0.39, 0.29) is 5.88 Å². The zero-order valence-electron chi connectivity index (χ0n) is 10.9. The molecule has 0 radical (unpaired) electrons. The fourth-order valence-corrected chi connectivity index (χ4v) is 2.11. The number of hydrogen-bond acceptors (Lipinski definition) is 4. The number of amides is 1. The number of primary amides is 1. The van der Waals surface area contributed by atoms with Crippen LogP contribution < -0.4 is 11.5 Å². The van der Waals surface area contributed by atoms with Crippen LogP contribution >= 0.6 is 11.6 Å². The van der Waals surface area contributed by atoms with Crippen molar-refractivity contribution in [3.05, 3.63) is 41.5 Å². The molecular weight excluding hydrogens is 278 g/mol. The highest BCUT2D eigenvalue weighted by Crippen LogP contribution is 2.16. The second-order valence-electron chi connectivity index (χ2n) is 4.30. The summed E-state index contributed by atoms with van der Waals surface area (Å²) in [6, 6.07) is 6.93. The Morgan fingerprint density at radius 1 is 1.20 bits per heavy atom. The van der Waals surface area contributed by atoms with Gasteiger partial charge in [-0.05, 0) is 37.2 Å². The van der Waals surface area contributed by atoms with E-state index in [0.29, 0.717) is 17.9 Å². The van der Waals surface area contributed by atoms with Crippen LogP contribution in [0.1, 0.15) is 28.4 Å². The Kier molecular flexibility index (Phi) is 4.70. The molecular formula is C13H16ClN5O. The molecule has 0 saturated heterocycles. The van der Waals surface area contributed by atoms with Crippen LogP contribution in [-0.4, -0.2) is 27.2 Å². The van der Waals surface area contributed by atoms with Crippen molar-refractivity contribution in [3.8, 4) is 5.69 Å². The monoisotopic (exact) mass is 293 g/mol. The van der Waals surface area contributed by atoms with Crippen LogP contribution in [0.5, 0.6) is 0 Å². The lowest BCUT2D eigenvalue weighted by Crippen LogP contribution is -2.11. The maximum Gasteiger partial charge on any atom is 0.248 e. The van der Waals surface area contributed by atoms with Crippen molar-refractivity contribution in [2.75, 3.05) is 6.54 Å². The molecule has 1 aromatic heterocycles. The number of benzene rings is 1. The number of hydrogen-bond donors (Lipinski definition) is 2. The first kappa shape index (κ1) is 14.5. The van der Waals surface area contributed by atoms with E-state index in [0.717, 1.165) is 24.4 Å². The summed E-state index contributed by atoms with van der Waals surface area (Å²) in [7, 11) is 0. The first-order valence-electron chi connectivity index (χ1n) is 6.26. The number of aryl methyl sites for hydroxylation is 1. The molecule has 0 aliphatic heterocycles. The van der Waals surface area contributed by atoms with Gasteiger partial charge in [-0.1, -0.05) is 0 Å². The topological polar surface area (TPSA) is 99.8 Å². The number of halogens is 1. The maximum atomic E-state index is 11.1. The van der Waals surface area contributed by atoms with Crippen LogP contribution in [0.3, 0.4) is 0 Å². The van der Waals surface area contributed by atoms with Gasteiger partial charge in [0.25, 0.3) is 0 Å². The van der Waals surface area contributed by atoms with E-state index in [1.165, 1.54) is 0 Å². The predicted octanol–water partition coefficient (Wildman–Crippen LogP) is 0.996. The van der Waals surface area contributed by atoms with Gasteiger partial charge in [-0.3, -0.25) is 9.36 Å². The van der Waals surface area contributed by atoms with E-state index in [4.69, 9.17) is 23.1 Å². The first-order valence-corrected chi connectivity index (χ1v) is 6.80. The molecule has 106 valence electrons. The van der Waals surface area contributed by atoms with Gasteiger partial charge in [-0.2, -0.15) is 0 Å². The van der Waals surface area contributed by atoms with Crippen molar-refractivity contribution >= 4 is 17.5 Å². The van der Waals surface area contributed by atoms with Crippen molar-refractivity contribution in [2.45, 2.75) is 18.7 Å². The van der Waals surface area contributed by atoms with E-state index in [1.54, 1.807) is 24.3 Å². The Morgan fingerprint density at radius 2 is 1.85 bits per heavy atom. The van der Waals surface area contributed by atoms with Gasteiger partial charge in [-0.15, -0.1) is 21.8 Å². The standard InChI is InChI=1S/C13H16ClN5O/c14-8-12-18-17-11(2-1-7-15)19(12)10-5-3-9(4-6-10)13(16)20/h3-6H,1-2,7-8,15H2,(H2,16,20). The average Bonchev–Trinajstić information content (AvgIpc) is 2.88. The third kappa shape index (κ3) is 2.97. The minimum absolute atomic E-state index is 0.257. The summed E-state index contributed by atoms with van der Waals surface area (Å²) in [5.41, 5.74) is 12.1. The molecule has 2 aromatic rings. The summed E-state index contributed by atoms with van der Waals surface area (Å²) in [6.07, 6.45) is 1.54. The smallest absolute Gasteiger partial charge is 0.248 e. The molecule has 0 aliphatic rings. The molecule has 4 N–H and O–H groups in total. The van der Waals surface area contributed by atoms with Crippen LogP contribution in [0.2, 0.25) is 0 Å². The van der Waals surface area contributed by atoms with Gasteiger partial charge in [0.2, 0.25) is 5.91 Å². The molecule has 6 nitrogen and oxygen atoms in total. The van der Waals surface area contributed by atoms with Crippen molar-refractivity contribution in [2.24, 2.45) is 11.5 Å². The summed E-state index contributed by atoms with van der Waals surface area (Å²) in [5, 5.41) is 8.21. The fraction of sp³-hybridized carbons (Fsp3) is 0.308. The molecule has 1 heterocycles. The summed E-state index contributed by atoms with van der Waals surface area (Å²) < 4.78 is 1.88. The number of nitrogens with two attached hydrogens (primary N) is 2. The zero-order valence-corrected chi connectivity index (χ0v) is 11.7. The van der Waals surface area contributed by atoms with Crippen LogP contribution in [0.25, 0.3) is 5.69 Å². The minimum atomic E-state index is -0.457. The largest absolute Gasteiger partial charge is 0.366 e. The number of alkyl halides is 1. The van der Waals surface area contributed by atoms with Crippen molar-refractivity contribution < 1.29 is 4.79 Å². The van der Waals surface area contributed by atoms with E-state index in [2.05, 4.69) is 10.2 Å². The quantitative estimate of drug-likeness (QED) is 0.776. The Hall–Kier alpha value is -1.92. The number of carbonyl (C=O) groups is 1. The second kappa shape index (κ2) is 6.49. The summed E-state index contributed by atoms with van der Waals surface area (Å²) >= 11 is 5.89. The highest BCUT2D eigenvalue weighted by atomic mass is 35.5. The minimum Gasteiger partial charge on any atom is -0.366 e. The molecule has 0 atom stereocenters. The van der Waals surface area contributed by atoms with Crippen molar-refractivity contribution in [1.82, 2.24) is 14.8 Å². The van der Waals surface area contributed by atoms with Gasteiger partial charge in [-0.25, -0.2) is 0 Å². The summed E-state index contributed by atoms with van der Waals surface area (Å²) in [4.78, 5) is 11.1. The lowest BCUT2D eigenvalue weighted by Gasteiger charge is -2.09. The Labute approximate surface area is 121 Å². The normalized spacial score (nSPS) is 10.7. The van der Waals surface area contributed by atoms with E-state index < -0.39 is 5.91 Å². The molecule has 0 bridgehead atoms. The molecule has 0 spiro atoms.